The summed E-state index contributed by atoms with van der Waals surface area (Å²) in [6.07, 6.45) is 1.80. The van der Waals surface area contributed by atoms with E-state index in [1.807, 2.05) is 31.2 Å². The lowest BCUT2D eigenvalue weighted by molar-refractivity contribution is -0.139. The van der Waals surface area contributed by atoms with Crippen LogP contribution in [0.3, 0.4) is 0 Å². The van der Waals surface area contributed by atoms with Crippen LogP contribution >= 0.6 is 15.9 Å². The number of amides is 2. The predicted octanol–water partition coefficient (Wildman–Crippen LogP) is 3.17. The Balaban J connectivity index is 2.34. The summed E-state index contributed by atoms with van der Waals surface area (Å²) in [6.45, 7) is 3.79. The monoisotopic (exact) mass is 539 g/mol. The number of halogens is 1. The summed E-state index contributed by atoms with van der Waals surface area (Å²) in [5.74, 6) is -0.215. The molecule has 2 rings (SSSR count). The number of benzene rings is 2. The number of rotatable bonds is 11. The number of sulfonamides is 1. The van der Waals surface area contributed by atoms with Gasteiger partial charge < -0.3 is 15.0 Å². The van der Waals surface area contributed by atoms with Gasteiger partial charge in [-0.1, -0.05) is 35.0 Å². The number of nitrogens with one attached hydrogen (secondary N) is 1. The molecular weight excluding hydrogens is 510 g/mol. The van der Waals surface area contributed by atoms with E-state index < -0.39 is 28.5 Å². The minimum atomic E-state index is -3.77. The highest BCUT2D eigenvalue weighted by Gasteiger charge is 2.30. The van der Waals surface area contributed by atoms with E-state index >= 15 is 0 Å². The third-order valence-electron chi connectivity index (χ3n) is 5.02. The molecule has 33 heavy (non-hydrogen) atoms. The average Bonchev–Trinajstić information content (AvgIpc) is 2.79. The first-order chi connectivity index (χ1) is 15.6. The van der Waals surface area contributed by atoms with Gasteiger partial charge in [0.2, 0.25) is 21.8 Å². The van der Waals surface area contributed by atoms with Crippen molar-refractivity contribution in [3.8, 4) is 5.75 Å². The van der Waals surface area contributed by atoms with Crippen molar-refractivity contribution in [3.05, 3.63) is 58.6 Å². The van der Waals surface area contributed by atoms with E-state index in [1.165, 1.54) is 12.0 Å². The first-order valence-corrected chi connectivity index (χ1v) is 13.1. The topological polar surface area (TPSA) is 96.0 Å². The maximum Gasteiger partial charge on any atom is 0.244 e. The van der Waals surface area contributed by atoms with E-state index in [2.05, 4.69) is 21.2 Å². The maximum absolute atomic E-state index is 13.4. The second kappa shape index (κ2) is 12.0. The Morgan fingerprint density at radius 3 is 2.21 bits per heavy atom. The third-order valence-corrected chi connectivity index (χ3v) is 6.69. The van der Waals surface area contributed by atoms with E-state index in [0.29, 0.717) is 18.0 Å². The van der Waals surface area contributed by atoms with Crippen LogP contribution in [-0.2, 0) is 26.2 Å². The lowest BCUT2D eigenvalue weighted by atomic mass is 10.1. The molecule has 2 aromatic rings. The first kappa shape index (κ1) is 26.7. The molecule has 0 saturated carbocycles. The molecule has 0 unspecified atom stereocenters. The molecular formula is C23H30BrN3O5S. The molecule has 0 spiro atoms. The highest BCUT2D eigenvalue weighted by molar-refractivity contribution is 9.10. The van der Waals surface area contributed by atoms with Crippen LogP contribution in [0, 0.1) is 0 Å². The normalized spacial score (nSPS) is 12.0. The number of anilines is 1. The molecule has 8 nitrogen and oxygen atoms in total. The van der Waals surface area contributed by atoms with E-state index in [-0.39, 0.29) is 12.5 Å². The fraction of sp³-hybridized carbons (Fsp3) is 0.391. The van der Waals surface area contributed by atoms with Crippen LogP contribution in [0.15, 0.2) is 53.0 Å². The molecule has 0 bridgehead atoms. The maximum atomic E-state index is 13.4. The molecule has 0 aromatic heterocycles. The van der Waals surface area contributed by atoms with Crippen molar-refractivity contribution in [2.24, 2.45) is 0 Å². The van der Waals surface area contributed by atoms with E-state index in [9.17, 15) is 18.0 Å². The SMILES string of the molecule is CCCNC(=O)[C@@H](C)N(Cc1ccc(Br)cc1)C(=O)CN(c1ccc(OC)cc1)S(C)(=O)=O. The fourth-order valence-electron chi connectivity index (χ4n) is 3.13. The third kappa shape index (κ3) is 7.75. The van der Waals surface area contributed by atoms with Crippen LogP contribution in [0.2, 0.25) is 0 Å². The Morgan fingerprint density at radius 2 is 1.70 bits per heavy atom. The van der Waals surface area contributed by atoms with Crippen LogP contribution < -0.4 is 14.4 Å². The van der Waals surface area contributed by atoms with Crippen molar-refractivity contribution in [3.63, 3.8) is 0 Å². The summed E-state index contributed by atoms with van der Waals surface area (Å²) in [6, 6.07) is 13.0. The molecule has 2 amide bonds. The number of carbonyl (C=O) groups is 2. The van der Waals surface area contributed by atoms with Gasteiger partial charge in [-0.05, 0) is 55.3 Å². The number of methoxy groups -OCH3 is 1. The smallest absolute Gasteiger partial charge is 0.244 e. The van der Waals surface area contributed by atoms with Crippen LogP contribution in [0.4, 0.5) is 5.69 Å². The predicted molar refractivity (Wildman–Crippen MR) is 133 cm³/mol. The second-order valence-electron chi connectivity index (χ2n) is 7.58. The zero-order valence-electron chi connectivity index (χ0n) is 19.2. The minimum absolute atomic E-state index is 0.160. The zero-order chi connectivity index (χ0) is 24.6. The molecule has 1 N–H and O–H groups in total. The first-order valence-electron chi connectivity index (χ1n) is 10.5. The molecule has 0 aliphatic rings. The quantitative estimate of drug-likeness (QED) is 0.473. The molecule has 2 aromatic carbocycles. The van der Waals surface area contributed by atoms with Crippen molar-refractivity contribution in [2.45, 2.75) is 32.9 Å². The van der Waals surface area contributed by atoms with Crippen LogP contribution in [-0.4, -0.2) is 57.6 Å². The highest BCUT2D eigenvalue weighted by atomic mass is 79.9. The van der Waals surface area contributed by atoms with E-state index in [1.54, 1.807) is 31.2 Å². The number of hydrogen-bond acceptors (Lipinski definition) is 5. The van der Waals surface area contributed by atoms with Crippen LogP contribution in [0.25, 0.3) is 0 Å². The van der Waals surface area contributed by atoms with E-state index in [0.717, 1.165) is 27.0 Å². The fourth-order valence-corrected chi connectivity index (χ4v) is 4.24. The van der Waals surface area contributed by atoms with Gasteiger partial charge in [0.05, 0.1) is 19.1 Å². The standard InChI is InChI=1S/C23H30BrN3O5S/c1-5-14-25-23(29)17(2)26(15-18-6-8-19(24)9-7-18)22(28)16-27(33(4,30)31)20-10-12-21(32-3)13-11-20/h6-13,17H,5,14-16H2,1-4H3,(H,25,29)/t17-/m1/s1. The summed E-state index contributed by atoms with van der Waals surface area (Å²) >= 11 is 3.38. The molecule has 0 fully saturated rings. The van der Waals surface area contributed by atoms with Crippen LogP contribution in [0.1, 0.15) is 25.8 Å². The van der Waals surface area contributed by atoms with Gasteiger partial charge in [0.15, 0.2) is 0 Å². The number of carbonyl (C=O) groups excluding carboxylic acids is 2. The Labute approximate surface area is 204 Å². The van der Waals surface area contributed by atoms with Gasteiger partial charge in [-0.2, -0.15) is 0 Å². The van der Waals surface area contributed by atoms with Gasteiger partial charge in [0.1, 0.15) is 18.3 Å². The Bertz CT molecular complexity index is 1040. The summed E-state index contributed by atoms with van der Waals surface area (Å²) in [5.41, 5.74) is 1.15. The summed E-state index contributed by atoms with van der Waals surface area (Å²) in [7, 11) is -2.25. The Morgan fingerprint density at radius 1 is 1.09 bits per heavy atom. The van der Waals surface area contributed by atoms with Crippen molar-refractivity contribution in [1.82, 2.24) is 10.2 Å². The molecule has 10 heteroatoms. The van der Waals surface area contributed by atoms with Gasteiger partial charge in [0.25, 0.3) is 0 Å². The Hall–Kier alpha value is -2.59. The molecule has 0 heterocycles. The summed E-state index contributed by atoms with van der Waals surface area (Å²) < 4.78 is 32.1. The molecule has 180 valence electrons. The van der Waals surface area contributed by atoms with Crippen molar-refractivity contribution in [2.75, 3.05) is 30.8 Å². The highest BCUT2D eigenvalue weighted by Crippen LogP contribution is 2.22. The van der Waals surface area contributed by atoms with Crippen molar-refractivity contribution >= 4 is 43.5 Å². The minimum Gasteiger partial charge on any atom is -0.497 e. The lowest BCUT2D eigenvalue weighted by Gasteiger charge is -2.31. The summed E-state index contributed by atoms with van der Waals surface area (Å²) in [4.78, 5) is 27.4. The second-order valence-corrected chi connectivity index (χ2v) is 10.4. The van der Waals surface area contributed by atoms with Gasteiger partial charge in [-0.15, -0.1) is 0 Å². The number of nitrogens with zero attached hydrogens (tertiary/aromatic N) is 2. The van der Waals surface area contributed by atoms with E-state index in [4.69, 9.17) is 4.74 Å². The summed E-state index contributed by atoms with van der Waals surface area (Å²) in [5, 5.41) is 2.80. The molecule has 0 aliphatic heterocycles. The average molecular weight is 540 g/mol. The lowest BCUT2D eigenvalue weighted by Crippen LogP contribution is -2.51. The number of hydrogen-bond donors (Lipinski definition) is 1. The molecule has 0 aliphatic carbocycles. The van der Waals surface area contributed by atoms with Crippen molar-refractivity contribution < 1.29 is 22.7 Å². The van der Waals surface area contributed by atoms with Gasteiger partial charge in [-0.25, -0.2) is 8.42 Å². The molecule has 0 radical (unpaired) electrons. The van der Waals surface area contributed by atoms with Crippen molar-refractivity contribution in [1.29, 1.82) is 0 Å². The molecule has 0 saturated heterocycles. The number of ether oxygens (including phenoxy) is 1. The Kier molecular flexibility index (Phi) is 9.72. The zero-order valence-corrected chi connectivity index (χ0v) is 21.6. The van der Waals surface area contributed by atoms with Gasteiger partial charge in [-0.3, -0.25) is 13.9 Å². The van der Waals surface area contributed by atoms with Gasteiger partial charge in [0, 0.05) is 17.6 Å². The molecule has 1 atom stereocenters. The van der Waals surface area contributed by atoms with Gasteiger partial charge >= 0.3 is 0 Å². The largest absolute Gasteiger partial charge is 0.497 e. The van der Waals surface area contributed by atoms with Crippen LogP contribution in [0.5, 0.6) is 5.75 Å².